The van der Waals surface area contributed by atoms with Crippen LogP contribution in [0.1, 0.15) is 20.3 Å². The third-order valence-electron chi connectivity index (χ3n) is 1.16. The Balaban J connectivity index is 3.27. The van der Waals surface area contributed by atoms with Crippen molar-refractivity contribution in [1.29, 1.82) is 0 Å². The molecule has 4 N–H and O–H groups in total. The highest BCUT2D eigenvalue weighted by Crippen LogP contribution is 1.95. The molecule has 0 aromatic carbocycles. The third kappa shape index (κ3) is 6.25. The largest absolute Gasteiger partial charge is 0.353 e. The molecule has 0 rings (SSSR count). The molecule has 0 bridgehead atoms. The van der Waals surface area contributed by atoms with Crippen LogP contribution in [0.25, 0.3) is 0 Å². The normalized spacial score (nSPS) is 16.4. The van der Waals surface area contributed by atoms with Crippen LogP contribution in [0.5, 0.6) is 0 Å². The van der Waals surface area contributed by atoms with Gasteiger partial charge in [0.25, 0.3) is 0 Å². The molecule has 0 heterocycles. The van der Waals surface area contributed by atoms with Crippen LogP contribution in [0, 0.1) is 0 Å². The second kappa shape index (κ2) is 6.54. The van der Waals surface area contributed by atoms with E-state index in [1.807, 2.05) is 13.8 Å². The fraction of sp³-hybridized carbons (Fsp3) is 1.00. The molecular weight excluding hydrogens is 144 g/mol. The lowest BCUT2D eigenvalue weighted by Crippen LogP contribution is -2.36. The van der Waals surface area contributed by atoms with Gasteiger partial charge in [-0.15, -0.1) is 0 Å². The second-order valence-corrected chi connectivity index (χ2v) is 2.35. The average molecular weight is 162 g/mol. The van der Waals surface area contributed by atoms with Gasteiger partial charge in [0, 0.05) is 13.2 Å². The maximum Gasteiger partial charge on any atom is 0.156 e. The molecule has 0 spiro atoms. The molecule has 0 fully saturated rings. The van der Waals surface area contributed by atoms with E-state index >= 15 is 0 Å². The van der Waals surface area contributed by atoms with Crippen LogP contribution in [-0.2, 0) is 9.47 Å². The van der Waals surface area contributed by atoms with Crippen LogP contribution in [0.3, 0.4) is 0 Å². The predicted molar refractivity (Wildman–Crippen MR) is 43.8 cm³/mol. The fourth-order valence-corrected chi connectivity index (χ4v) is 0.625. The number of nitrogens with two attached hydrogens (primary N) is 2. The van der Waals surface area contributed by atoms with E-state index in [4.69, 9.17) is 20.9 Å². The second-order valence-electron chi connectivity index (χ2n) is 2.35. The van der Waals surface area contributed by atoms with E-state index in [-0.39, 0.29) is 6.29 Å². The van der Waals surface area contributed by atoms with Gasteiger partial charge < -0.3 is 20.9 Å². The topological polar surface area (TPSA) is 70.5 Å². The Morgan fingerprint density at radius 1 is 1.45 bits per heavy atom. The number of hydrogen-bond acceptors (Lipinski definition) is 4. The molecule has 0 aromatic rings. The minimum Gasteiger partial charge on any atom is -0.353 e. The van der Waals surface area contributed by atoms with E-state index < -0.39 is 6.23 Å². The van der Waals surface area contributed by atoms with E-state index in [2.05, 4.69) is 0 Å². The lowest BCUT2D eigenvalue weighted by Gasteiger charge is -2.17. The third-order valence-corrected chi connectivity index (χ3v) is 1.16. The van der Waals surface area contributed by atoms with Crippen LogP contribution in [0.15, 0.2) is 0 Å². The van der Waals surface area contributed by atoms with Crippen molar-refractivity contribution in [1.82, 2.24) is 0 Å². The summed E-state index contributed by atoms with van der Waals surface area (Å²) in [6.45, 7) is 4.86. The number of hydrogen-bond donors (Lipinski definition) is 2. The standard InChI is InChI=1S/C7H18N2O2/c1-3-4-10-6(2)11-7(9)5-8/h6-7H,3-5,8-9H2,1-2H3. The molecule has 0 aliphatic heterocycles. The monoisotopic (exact) mass is 162 g/mol. The van der Waals surface area contributed by atoms with Crippen molar-refractivity contribution in [3.8, 4) is 0 Å². The first-order valence-electron chi connectivity index (χ1n) is 3.93. The summed E-state index contributed by atoms with van der Waals surface area (Å²) >= 11 is 0. The van der Waals surface area contributed by atoms with Crippen LogP contribution in [-0.4, -0.2) is 25.7 Å². The Labute approximate surface area is 67.8 Å². The van der Waals surface area contributed by atoms with Gasteiger partial charge in [0.2, 0.25) is 0 Å². The molecule has 2 unspecified atom stereocenters. The molecule has 11 heavy (non-hydrogen) atoms. The highest BCUT2D eigenvalue weighted by atomic mass is 16.7. The van der Waals surface area contributed by atoms with Crippen molar-refractivity contribution in [3.63, 3.8) is 0 Å². The van der Waals surface area contributed by atoms with Crippen molar-refractivity contribution in [2.24, 2.45) is 11.5 Å². The first kappa shape index (κ1) is 10.8. The summed E-state index contributed by atoms with van der Waals surface area (Å²) in [4.78, 5) is 0. The van der Waals surface area contributed by atoms with E-state index in [1.54, 1.807) is 0 Å². The van der Waals surface area contributed by atoms with Gasteiger partial charge in [0.1, 0.15) is 6.23 Å². The van der Waals surface area contributed by atoms with Crippen LogP contribution >= 0.6 is 0 Å². The van der Waals surface area contributed by atoms with Gasteiger partial charge in [-0.2, -0.15) is 0 Å². The molecule has 0 aliphatic carbocycles. The summed E-state index contributed by atoms with van der Waals surface area (Å²) < 4.78 is 10.3. The van der Waals surface area contributed by atoms with Gasteiger partial charge in [-0.25, -0.2) is 0 Å². The van der Waals surface area contributed by atoms with Crippen LogP contribution in [0.4, 0.5) is 0 Å². The van der Waals surface area contributed by atoms with Gasteiger partial charge in [0.05, 0.1) is 0 Å². The Hall–Kier alpha value is -0.160. The van der Waals surface area contributed by atoms with Crippen molar-refractivity contribution in [3.05, 3.63) is 0 Å². The number of rotatable bonds is 6. The average Bonchev–Trinajstić information content (AvgIpc) is 2.00. The molecule has 2 atom stereocenters. The Morgan fingerprint density at radius 3 is 2.55 bits per heavy atom. The summed E-state index contributed by atoms with van der Waals surface area (Å²) in [7, 11) is 0. The predicted octanol–water partition coefficient (Wildman–Crippen LogP) is 0.0191. The van der Waals surface area contributed by atoms with E-state index in [1.165, 1.54) is 0 Å². The molecule has 0 aromatic heterocycles. The quantitative estimate of drug-likeness (QED) is 0.540. The Morgan fingerprint density at radius 2 is 2.09 bits per heavy atom. The fourth-order valence-electron chi connectivity index (χ4n) is 0.625. The minimum absolute atomic E-state index is 0.256. The lowest BCUT2D eigenvalue weighted by atomic mass is 10.5. The van der Waals surface area contributed by atoms with Gasteiger partial charge >= 0.3 is 0 Å². The molecule has 0 saturated carbocycles. The molecule has 4 nitrogen and oxygen atoms in total. The summed E-state index contributed by atoms with van der Waals surface area (Å²) in [6, 6.07) is 0. The molecule has 0 aliphatic rings. The molecule has 0 saturated heterocycles. The van der Waals surface area contributed by atoms with E-state index in [0.717, 1.165) is 6.42 Å². The number of ether oxygens (including phenoxy) is 2. The first-order valence-corrected chi connectivity index (χ1v) is 3.93. The lowest BCUT2D eigenvalue weighted by molar-refractivity contribution is -0.155. The zero-order valence-electron chi connectivity index (χ0n) is 7.25. The van der Waals surface area contributed by atoms with Gasteiger partial charge in [-0.05, 0) is 13.3 Å². The van der Waals surface area contributed by atoms with Gasteiger partial charge in [-0.3, -0.25) is 0 Å². The van der Waals surface area contributed by atoms with Crippen LogP contribution in [0.2, 0.25) is 0 Å². The zero-order chi connectivity index (χ0) is 8.69. The maximum atomic E-state index is 5.42. The summed E-state index contributed by atoms with van der Waals surface area (Å²) in [6.07, 6.45) is 0.307. The van der Waals surface area contributed by atoms with Crippen molar-refractivity contribution in [2.45, 2.75) is 32.8 Å². The summed E-state index contributed by atoms with van der Waals surface area (Å²) in [5.41, 5.74) is 10.7. The highest BCUT2D eigenvalue weighted by Gasteiger charge is 2.05. The highest BCUT2D eigenvalue weighted by molar-refractivity contribution is 4.46. The summed E-state index contributed by atoms with van der Waals surface area (Å²) in [5, 5.41) is 0. The molecular formula is C7H18N2O2. The Bertz CT molecular complexity index is 90.5. The minimum atomic E-state index is -0.415. The molecule has 0 radical (unpaired) electrons. The molecule has 4 heteroatoms. The Kier molecular flexibility index (Phi) is 6.45. The van der Waals surface area contributed by atoms with Crippen molar-refractivity contribution in [2.75, 3.05) is 13.2 Å². The first-order chi connectivity index (χ1) is 5.20. The SMILES string of the molecule is CCCOC(C)OC(N)CN. The molecule has 0 amide bonds. The zero-order valence-corrected chi connectivity index (χ0v) is 7.25. The van der Waals surface area contributed by atoms with E-state index in [9.17, 15) is 0 Å². The maximum absolute atomic E-state index is 5.42. The summed E-state index contributed by atoms with van der Waals surface area (Å²) in [5.74, 6) is 0. The van der Waals surface area contributed by atoms with Gasteiger partial charge in [-0.1, -0.05) is 6.92 Å². The smallest absolute Gasteiger partial charge is 0.156 e. The van der Waals surface area contributed by atoms with Crippen LogP contribution < -0.4 is 11.5 Å². The van der Waals surface area contributed by atoms with E-state index in [0.29, 0.717) is 13.2 Å². The molecule has 68 valence electrons. The van der Waals surface area contributed by atoms with Crippen molar-refractivity contribution >= 4 is 0 Å². The van der Waals surface area contributed by atoms with Crippen molar-refractivity contribution < 1.29 is 9.47 Å². The van der Waals surface area contributed by atoms with Gasteiger partial charge in [0.15, 0.2) is 6.29 Å².